The maximum Gasteiger partial charge on any atom is 0.130 e. The maximum atomic E-state index is 10.4. The minimum atomic E-state index is -0.508. The molecule has 1 aromatic heterocycles. The van der Waals surface area contributed by atoms with Gasteiger partial charge in [0.15, 0.2) is 0 Å². The average Bonchev–Trinajstić information content (AvgIpc) is 2.80. The molecule has 0 saturated carbocycles. The molecular formula is C15H17BrN2O2. The fourth-order valence-corrected chi connectivity index (χ4v) is 3.08. The van der Waals surface area contributed by atoms with E-state index in [0.29, 0.717) is 6.42 Å². The number of aryl methyl sites for hydroxylation is 2. The van der Waals surface area contributed by atoms with Gasteiger partial charge in [0.2, 0.25) is 0 Å². The predicted octanol–water partition coefficient (Wildman–Crippen LogP) is 3.30. The fraction of sp³-hybridized carbons (Fsp3) is 0.400. The van der Waals surface area contributed by atoms with E-state index < -0.39 is 6.10 Å². The third-order valence-electron chi connectivity index (χ3n) is 3.66. The number of fused-ring (bicyclic) bond motifs is 1. The molecule has 0 saturated heterocycles. The lowest BCUT2D eigenvalue weighted by Gasteiger charge is -2.29. The fourth-order valence-electron chi connectivity index (χ4n) is 2.71. The molecule has 2 aromatic rings. The summed E-state index contributed by atoms with van der Waals surface area (Å²) < 4.78 is 8.82. The Morgan fingerprint density at radius 1 is 1.45 bits per heavy atom. The summed E-state index contributed by atoms with van der Waals surface area (Å²) in [5.41, 5.74) is 2.95. The minimum absolute atomic E-state index is 0.137. The molecule has 0 fully saturated rings. The van der Waals surface area contributed by atoms with Gasteiger partial charge in [-0.05, 0) is 24.6 Å². The Morgan fingerprint density at radius 3 is 3.00 bits per heavy atom. The van der Waals surface area contributed by atoms with Crippen molar-refractivity contribution in [2.24, 2.45) is 7.05 Å². The van der Waals surface area contributed by atoms with E-state index in [9.17, 15) is 5.11 Å². The molecule has 1 aromatic carbocycles. The lowest BCUT2D eigenvalue weighted by molar-refractivity contribution is 0.0652. The summed E-state index contributed by atoms with van der Waals surface area (Å²) in [6.45, 7) is 2.08. The highest BCUT2D eigenvalue weighted by atomic mass is 79.9. The smallest absolute Gasteiger partial charge is 0.130 e. The van der Waals surface area contributed by atoms with E-state index in [1.807, 2.05) is 31.4 Å². The van der Waals surface area contributed by atoms with Crippen molar-refractivity contribution in [1.82, 2.24) is 9.78 Å². The Kier molecular flexibility index (Phi) is 3.56. The number of hydrogen-bond acceptors (Lipinski definition) is 3. The van der Waals surface area contributed by atoms with Crippen molar-refractivity contribution >= 4 is 15.9 Å². The molecule has 0 radical (unpaired) electrons. The van der Waals surface area contributed by atoms with Crippen LogP contribution in [0, 0.1) is 0 Å². The first-order chi connectivity index (χ1) is 9.58. The van der Waals surface area contributed by atoms with Crippen LogP contribution in [0.4, 0.5) is 0 Å². The molecule has 3 rings (SSSR count). The van der Waals surface area contributed by atoms with Crippen LogP contribution >= 0.6 is 15.9 Å². The van der Waals surface area contributed by atoms with Crippen LogP contribution in [-0.2, 0) is 13.5 Å². The molecular weight excluding hydrogens is 320 g/mol. The predicted molar refractivity (Wildman–Crippen MR) is 79.7 cm³/mol. The Morgan fingerprint density at radius 2 is 2.25 bits per heavy atom. The molecule has 106 valence electrons. The zero-order chi connectivity index (χ0) is 14.3. The maximum absolute atomic E-state index is 10.4. The SMILES string of the molecule is CCc1nn(C)cc1C1CC(O)c2cc(Br)ccc2O1. The highest BCUT2D eigenvalue weighted by Crippen LogP contribution is 2.42. The van der Waals surface area contributed by atoms with Crippen LogP contribution in [0.2, 0.25) is 0 Å². The van der Waals surface area contributed by atoms with Crippen molar-refractivity contribution in [2.75, 3.05) is 0 Å². The van der Waals surface area contributed by atoms with Crippen molar-refractivity contribution < 1.29 is 9.84 Å². The Labute approximate surface area is 126 Å². The molecule has 2 heterocycles. The first-order valence-corrected chi connectivity index (χ1v) is 7.54. The highest BCUT2D eigenvalue weighted by Gasteiger charge is 2.30. The molecule has 0 spiro atoms. The number of aliphatic hydroxyl groups is 1. The molecule has 2 atom stereocenters. The Balaban J connectivity index is 1.96. The van der Waals surface area contributed by atoms with Crippen molar-refractivity contribution in [3.05, 3.63) is 45.7 Å². The second kappa shape index (κ2) is 5.22. The van der Waals surface area contributed by atoms with E-state index in [0.717, 1.165) is 33.5 Å². The number of halogens is 1. The summed E-state index contributed by atoms with van der Waals surface area (Å²) in [5.74, 6) is 0.753. The number of hydrogen-bond donors (Lipinski definition) is 1. The van der Waals surface area contributed by atoms with Gasteiger partial charge in [-0.1, -0.05) is 22.9 Å². The largest absolute Gasteiger partial charge is 0.485 e. The first kappa shape index (κ1) is 13.6. The quantitative estimate of drug-likeness (QED) is 0.915. The lowest BCUT2D eigenvalue weighted by atomic mass is 9.95. The summed E-state index contributed by atoms with van der Waals surface area (Å²) in [7, 11) is 1.91. The standard InChI is InChI=1S/C15H17BrN2O2/c1-3-12-11(8-18(2)17-12)15-7-13(19)10-6-9(16)4-5-14(10)20-15/h4-6,8,13,15,19H,3,7H2,1-2H3. The van der Waals surface area contributed by atoms with Crippen LogP contribution < -0.4 is 4.74 Å². The van der Waals surface area contributed by atoms with Gasteiger partial charge in [0.1, 0.15) is 11.9 Å². The van der Waals surface area contributed by atoms with Crippen molar-refractivity contribution in [1.29, 1.82) is 0 Å². The Bertz CT molecular complexity index is 639. The number of nitrogens with zero attached hydrogens (tertiary/aromatic N) is 2. The molecule has 2 unspecified atom stereocenters. The van der Waals surface area contributed by atoms with Crippen molar-refractivity contribution in [2.45, 2.75) is 32.0 Å². The monoisotopic (exact) mass is 336 g/mol. The molecule has 0 bridgehead atoms. The highest BCUT2D eigenvalue weighted by molar-refractivity contribution is 9.10. The van der Waals surface area contributed by atoms with Gasteiger partial charge in [-0.2, -0.15) is 5.10 Å². The van der Waals surface area contributed by atoms with E-state index in [1.165, 1.54) is 0 Å². The van der Waals surface area contributed by atoms with E-state index >= 15 is 0 Å². The minimum Gasteiger partial charge on any atom is -0.485 e. The summed E-state index contributed by atoms with van der Waals surface area (Å²) in [5, 5.41) is 14.8. The average molecular weight is 337 g/mol. The van der Waals surface area contributed by atoms with Gasteiger partial charge in [0, 0.05) is 35.3 Å². The van der Waals surface area contributed by atoms with Crippen LogP contribution in [0.5, 0.6) is 5.75 Å². The van der Waals surface area contributed by atoms with E-state index in [1.54, 1.807) is 4.68 Å². The molecule has 20 heavy (non-hydrogen) atoms. The number of aromatic nitrogens is 2. The van der Waals surface area contributed by atoms with Crippen LogP contribution in [0.3, 0.4) is 0 Å². The summed E-state index contributed by atoms with van der Waals surface area (Å²) in [4.78, 5) is 0. The third kappa shape index (κ3) is 2.36. The molecule has 1 N–H and O–H groups in total. The van der Waals surface area contributed by atoms with E-state index in [4.69, 9.17) is 4.74 Å². The molecule has 1 aliphatic rings. The lowest BCUT2D eigenvalue weighted by Crippen LogP contribution is -2.19. The summed E-state index contributed by atoms with van der Waals surface area (Å²) in [6.07, 6.45) is 2.76. The molecule has 5 heteroatoms. The molecule has 4 nitrogen and oxygen atoms in total. The second-order valence-corrected chi connectivity index (χ2v) is 6.01. The van der Waals surface area contributed by atoms with Gasteiger partial charge >= 0.3 is 0 Å². The van der Waals surface area contributed by atoms with Gasteiger partial charge in [-0.25, -0.2) is 0 Å². The van der Waals surface area contributed by atoms with Gasteiger partial charge in [0.05, 0.1) is 11.8 Å². The summed E-state index contributed by atoms with van der Waals surface area (Å²) in [6, 6.07) is 5.74. The molecule has 1 aliphatic heterocycles. The van der Waals surface area contributed by atoms with Gasteiger partial charge in [-0.3, -0.25) is 4.68 Å². The molecule has 0 aliphatic carbocycles. The zero-order valence-electron chi connectivity index (χ0n) is 11.5. The van der Waals surface area contributed by atoms with Crippen LogP contribution in [-0.4, -0.2) is 14.9 Å². The zero-order valence-corrected chi connectivity index (χ0v) is 13.1. The number of aliphatic hydroxyl groups excluding tert-OH is 1. The number of ether oxygens (including phenoxy) is 1. The van der Waals surface area contributed by atoms with Gasteiger partial charge in [0.25, 0.3) is 0 Å². The van der Waals surface area contributed by atoms with Gasteiger partial charge < -0.3 is 9.84 Å². The normalized spacial score (nSPS) is 21.4. The van der Waals surface area contributed by atoms with E-state index in [-0.39, 0.29) is 6.10 Å². The summed E-state index contributed by atoms with van der Waals surface area (Å²) >= 11 is 3.42. The second-order valence-electron chi connectivity index (χ2n) is 5.10. The van der Waals surface area contributed by atoms with Crippen LogP contribution in [0.15, 0.2) is 28.9 Å². The van der Waals surface area contributed by atoms with Crippen molar-refractivity contribution in [3.63, 3.8) is 0 Å². The van der Waals surface area contributed by atoms with Gasteiger partial charge in [-0.15, -0.1) is 0 Å². The van der Waals surface area contributed by atoms with Crippen LogP contribution in [0.25, 0.3) is 0 Å². The molecule has 0 amide bonds. The topological polar surface area (TPSA) is 47.3 Å². The number of rotatable bonds is 2. The van der Waals surface area contributed by atoms with Crippen molar-refractivity contribution in [3.8, 4) is 5.75 Å². The number of benzene rings is 1. The van der Waals surface area contributed by atoms with Crippen LogP contribution in [0.1, 0.15) is 42.4 Å². The third-order valence-corrected chi connectivity index (χ3v) is 4.15. The Hall–Kier alpha value is -1.33. The van der Waals surface area contributed by atoms with E-state index in [2.05, 4.69) is 28.0 Å². The first-order valence-electron chi connectivity index (χ1n) is 6.75.